The summed E-state index contributed by atoms with van der Waals surface area (Å²) in [6.07, 6.45) is 1.38. The van der Waals surface area contributed by atoms with Gasteiger partial charge in [-0.1, -0.05) is 71.7 Å². The van der Waals surface area contributed by atoms with Crippen LogP contribution in [0.15, 0.2) is 66.7 Å². The Labute approximate surface area is 178 Å². The Kier molecular flexibility index (Phi) is 5.40. The highest BCUT2D eigenvalue weighted by Gasteiger charge is 2.18. The van der Waals surface area contributed by atoms with Gasteiger partial charge >= 0.3 is 0 Å². The van der Waals surface area contributed by atoms with Gasteiger partial charge in [-0.3, -0.25) is 0 Å². The van der Waals surface area contributed by atoms with Crippen LogP contribution in [0.1, 0.15) is 27.9 Å². The lowest BCUT2D eigenvalue weighted by Gasteiger charge is -2.09. The quantitative estimate of drug-likeness (QED) is 0.341. The number of fused-ring (bicyclic) bond motifs is 1. The van der Waals surface area contributed by atoms with E-state index in [-0.39, 0.29) is 5.05 Å². The fourth-order valence-corrected chi connectivity index (χ4v) is 4.07. The van der Waals surface area contributed by atoms with Crippen molar-refractivity contribution in [3.8, 4) is 0 Å². The SMILES string of the molecule is OC(=S)c1[nH]c2cccc(Cc3ccc(Cl)c(Cl)c3)c2c1Cc1ccccc1. The minimum absolute atomic E-state index is 0.123. The lowest BCUT2D eigenvalue weighted by atomic mass is 9.95. The van der Waals surface area contributed by atoms with Crippen LogP contribution in [-0.4, -0.2) is 15.1 Å². The topological polar surface area (TPSA) is 36.0 Å². The molecule has 28 heavy (non-hydrogen) atoms. The Bertz CT molecular complexity index is 1170. The monoisotopic (exact) mass is 425 g/mol. The van der Waals surface area contributed by atoms with Crippen molar-refractivity contribution in [2.75, 3.05) is 0 Å². The lowest BCUT2D eigenvalue weighted by molar-refractivity contribution is 0.568. The number of rotatable bonds is 5. The van der Waals surface area contributed by atoms with Gasteiger partial charge in [0.05, 0.1) is 15.7 Å². The molecule has 4 rings (SSSR count). The molecule has 0 amide bonds. The second kappa shape index (κ2) is 7.96. The van der Waals surface area contributed by atoms with Gasteiger partial charge in [0, 0.05) is 17.3 Å². The van der Waals surface area contributed by atoms with Crippen LogP contribution >= 0.6 is 35.4 Å². The van der Waals surface area contributed by atoms with Crippen molar-refractivity contribution in [2.45, 2.75) is 12.8 Å². The van der Waals surface area contributed by atoms with Gasteiger partial charge in [-0.2, -0.15) is 0 Å². The molecule has 0 fully saturated rings. The van der Waals surface area contributed by atoms with E-state index >= 15 is 0 Å². The highest BCUT2D eigenvalue weighted by Crippen LogP contribution is 2.31. The molecule has 1 heterocycles. The molecule has 0 unspecified atom stereocenters. The Morgan fingerprint density at radius 3 is 2.36 bits per heavy atom. The number of halogens is 2. The molecule has 2 N–H and O–H groups in total. The van der Waals surface area contributed by atoms with Gasteiger partial charge in [-0.25, -0.2) is 0 Å². The summed E-state index contributed by atoms with van der Waals surface area (Å²) in [7, 11) is 0. The first-order valence-corrected chi connectivity index (χ1v) is 10.0. The molecule has 0 radical (unpaired) electrons. The number of thiocarbonyl (C=S) groups is 1. The first-order chi connectivity index (χ1) is 13.5. The summed E-state index contributed by atoms with van der Waals surface area (Å²) in [5, 5.41) is 12.2. The molecule has 0 saturated heterocycles. The summed E-state index contributed by atoms with van der Waals surface area (Å²) in [5.41, 5.74) is 5.93. The smallest absolute Gasteiger partial charge is 0.205 e. The summed E-state index contributed by atoms with van der Waals surface area (Å²) >= 11 is 17.4. The molecule has 0 saturated carbocycles. The van der Waals surface area contributed by atoms with E-state index in [0.29, 0.717) is 28.6 Å². The summed E-state index contributed by atoms with van der Waals surface area (Å²) in [6, 6.07) is 22.0. The second-order valence-electron chi connectivity index (χ2n) is 6.71. The summed E-state index contributed by atoms with van der Waals surface area (Å²) in [6.45, 7) is 0. The fraction of sp³-hybridized carbons (Fsp3) is 0.0870. The molecule has 3 aromatic carbocycles. The van der Waals surface area contributed by atoms with Crippen molar-refractivity contribution in [3.63, 3.8) is 0 Å². The third kappa shape index (κ3) is 3.79. The number of aromatic amines is 1. The van der Waals surface area contributed by atoms with Crippen LogP contribution in [0, 0.1) is 0 Å². The van der Waals surface area contributed by atoms with Gasteiger partial charge in [0.15, 0.2) is 0 Å². The Hall–Kier alpha value is -2.33. The molecule has 0 bridgehead atoms. The van der Waals surface area contributed by atoms with Crippen molar-refractivity contribution < 1.29 is 5.11 Å². The maximum absolute atomic E-state index is 10.1. The Morgan fingerprint density at radius 1 is 0.857 bits per heavy atom. The number of H-pyrrole nitrogens is 1. The van der Waals surface area contributed by atoms with Crippen molar-refractivity contribution in [1.29, 1.82) is 0 Å². The number of aliphatic hydroxyl groups is 1. The molecule has 0 aliphatic heterocycles. The van der Waals surface area contributed by atoms with E-state index in [0.717, 1.165) is 33.2 Å². The van der Waals surface area contributed by atoms with Crippen molar-refractivity contribution >= 4 is 51.4 Å². The molecule has 4 aromatic rings. The van der Waals surface area contributed by atoms with Crippen LogP contribution in [0.5, 0.6) is 0 Å². The predicted molar refractivity (Wildman–Crippen MR) is 121 cm³/mol. The summed E-state index contributed by atoms with van der Waals surface area (Å²) < 4.78 is 0. The summed E-state index contributed by atoms with van der Waals surface area (Å²) in [5.74, 6) is 0. The lowest BCUT2D eigenvalue weighted by Crippen LogP contribution is -2.01. The third-order valence-corrected chi connectivity index (χ3v) is 5.77. The number of nitrogens with one attached hydrogen (secondary N) is 1. The number of hydrogen-bond acceptors (Lipinski definition) is 1. The molecule has 0 aliphatic rings. The van der Waals surface area contributed by atoms with E-state index in [4.69, 9.17) is 35.4 Å². The highest BCUT2D eigenvalue weighted by molar-refractivity contribution is 7.80. The fourth-order valence-electron chi connectivity index (χ4n) is 3.57. The Morgan fingerprint density at radius 2 is 1.64 bits per heavy atom. The first-order valence-electron chi connectivity index (χ1n) is 8.86. The average Bonchev–Trinajstić information content (AvgIpc) is 3.05. The largest absolute Gasteiger partial charge is 0.497 e. The normalized spacial score (nSPS) is 11.1. The molecular formula is C23H17Cl2NOS. The van der Waals surface area contributed by atoms with E-state index in [1.165, 1.54) is 0 Å². The van der Waals surface area contributed by atoms with E-state index in [1.807, 2.05) is 48.5 Å². The number of aliphatic hydroxyl groups excluding tert-OH is 1. The Balaban J connectivity index is 1.85. The van der Waals surface area contributed by atoms with Crippen LogP contribution in [0.2, 0.25) is 10.0 Å². The molecular weight excluding hydrogens is 409 g/mol. The maximum Gasteiger partial charge on any atom is 0.205 e. The maximum atomic E-state index is 10.1. The van der Waals surface area contributed by atoms with Crippen LogP contribution in [0.4, 0.5) is 0 Å². The third-order valence-electron chi connectivity index (χ3n) is 4.83. The van der Waals surface area contributed by atoms with Gasteiger partial charge in [-0.05, 0) is 59.1 Å². The van der Waals surface area contributed by atoms with E-state index < -0.39 is 0 Å². The number of benzene rings is 3. The van der Waals surface area contributed by atoms with Crippen molar-refractivity contribution in [3.05, 3.63) is 105 Å². The zero-order valence-electron chi connectivity index (χ0n) is 14.9. The zero-order valence-corrected chi connectivity index (χ0v) is 17.2. The van der Waals surface area contributed by atoms with E-state index in [9.17, 15) is 5.11 Å². The van der Waals surface area contributed by atoms with Crippen LogP contribution < -0.4 is 0 Å². The van der Waals surface area contributed by atoms with E-state index in [2.05, 4.69) is 23.2 Å². The first kappa shape index (κ1) is 19.0. The van der Waals surface area contributed by atoms with Crippen molar-refractivity contribution in [1.82, 2.24) is 4.98 Å². The molecule has 5 heteroatoms. The molecule has 1 aromatic heterocycles. The van der Waals surface area contributed by atoms with Gasteiger partial charge in [0.25, 0.3) is 0 Å². The molecule has 140 valence electrons. The minimum Gasteiger partial charge on any atom is -0.497 e. The standard InChI is InChI=1S/C23H17Cl2NOS/c24-18-10-9-15(13-19(18)25)11-16-7-4-8-20-21(16)17(22(26-20)23(27)28)12-14-5-2-1-3-6-14/h1-10,13,26H,11-12H2,(H,27,28). The molecule has 0 aliphatic carbocycles. The van der Waals surface area contributed by atoms with Gasteiger partial charge < -0.3 is 10.1 Å². The van der Waals surface area contributed by atoms with Crippen LogP contribution in [0.3, 0.4) is 0 Å². The molecule has 2 nitrogen and oxygen atoms in total. The van der Waals surface area contributed by atoms with Crippen LogP contribution in [-0.2, 0) is 12.8 Å². The van der Waals surface area contributed by atoms with Crippen molar-refractivity contribution in [2.24, 2.45) is 0 Å². The van der Waals surface area contributed by atoms with Gasteiger partial charge in [-0.15, -0.1) is 0 Å². The predicted octanol–water partition coefficient (Wildman–Crippen LogP) is 6.89. The number of hydrogen-bond donors (Lipinski definition) is 2. The highest BCUT2D eigenvalue weighted by atomic mass is 35.5. The minimum atomic E-state index is -0.123. The summed E-state index contributed by atoms with van der Waals surface area (Å²) in [4.78, 5) is 3.29. The van der Waals surface area contributed by atoms with Gasteiger partial charge in [0.1, 0.15) is 0 Å². The average molecular weight is 426 g/mol. The van der Waals surface area contributed by atoms with Gasteiger partial charge in [0.2, 0.25) is 5.05 Å². The number of aromatic nitrogens is 1. The van der Waals surface area contributed by atoms with Crippen LogP contribution in [0.25, 0.3) is 10.9 Å². The zero-order chi connectivity index (χ0) is 19.7. The molecule has 0 atom stereocenters. The van der Waals surface area contributed by atoms with E-state index in [1.54, 1.807) is 0 Å². The second-order valence-corrected chi connectivity index (χ2v) is 7.91. The molecule has 0 spiro atoms.